The number of carbonyl (C=O) groups is 1. The lowest BCUT2D eigenvalue weighted by molar-refractivity contribution is 0.0794. The van der Waals surface area contributed by atoms with Crippen LogP contribution in [-0.2, 0) is 5.60 Å². The minimum Gasteiger partial charge on any atom is -0.448 e. The van der Waals surface area contributed by atoms with Crippen LogP contribution in [0, 0.1) is 12.8 Å². The standard InChI is InChI=1S/C23H29N3O3S/c1-5-14-6-8-15(9-7-14)22-26-18-10-16(23(3,4)28)17(11-20(18)30-22)25-21(27)19-12-29-13(2)24-19/h10-12,14-15,28H,5-9H2,1-4H3,(H,25,27). The number of hydrogen-bond acceptors (Lipinski definition) is 6. The van der Waals surface area contributed by atoms with Crippen LogP contribution in [0.25, 0.3) is 10.2 Å². The molecule has 1 aliphatic carbocycles. The Kier molecular flexibility index (Phi) is 5.68. The van der Waals surface area contributed by atoms with E-state index in [2.05, 4.69) is 17.2 Å². The molecular formula is C23H29N3O3S. The fraction of sp³-hybridized carbons (Fsp3) is 0.522. The Morgan fingerprint density at radius 2 is 2.00 bits per heavy atom. The number of benzene rings is 1. The van der Waals surface area contributed by atoms with Gasteiger partial charge in [-0.05, 0) is 57.6 Å². The lowest BCUT2D eigenvalue weighted by Gasteiger charge is -2.26. The molecule has 0 aliphatic heterocycles. The molecule has 0 atom stereocenters. The van der Waals surface area contributed by atoms with Crippen LogP contribution in [0.4, 0.5) is 5.69 Å². The highest BCUT2D eigenvalue weighted by atomic mass is 32.1. The predicted octanol–water partition coefficient (Wildman–Crippen LogP) is 5.76. The van der Waals surface area contributed by atoms with Gasteiger partial charge in [-0.1, -0.05) is 13.3 Å². The van der Waals surface area contributed by atoms with Crippen molar-refractivity contribution in [3.8, 4) is 0 Å². The van der Waals surface area contributed by atoms with Crippen LogP contribution in [0.15, 0.2) is 22.8 Å². The Hall–Kier alpha value is -2.25. The highest BCUT2D eigenvalue weighted by Crippen LogP contribution is 2.41. The maximum absolute atomic E-state index is 12.6. The normalized spacial score (nSPS) is 19.9. The summed E-state index contributed by atoms with van der Waals surface area (Å²) in [5.74, 6) is 1.42. The third kappa shape index (κ3) is 4.27. The van der Waals surface area contributed by atoms with Gasteiger partial charge in [-0.2, -0.15) is 0 Å². The summed E-state index contributed by atoms with van der Waals surface area (Å²) in [6, 6.07) is 3.82. The van der Waals surface area contributed by atoms with E-state index < -0.39 is 5.60 Å². The van der Waals surface area contributed by atoms with Crippen LogP contribution in [0.1, 0.15) is 85.7 Å². The summed E-state index contributed by atoms with van der Waals surface area (Å²) >= 11 is 1.69. The number of nitrogens with zero attached hydrogens (tertiary/aromatic N) is 2. The maximum atomic E-state index is 12.6. The van der Waals surface area contributed by atoms with Crippen LogP contribution in [0.3, 0.4) is 0 Å². The zero-order chi connectivity index (χ0) is 21.5. The number of anilines is 1. The molecule has 1 amide bonds. The first-order valence-corrected chi connectivity index (χ1v) is 11.5. The fourth-order valence-corrected chi connectivity index (χ4v) is 5.41. The summed E-state index contributed by atoms with van der Waals surface area (Å²) in [6.07, 6.45) is 7.51. The molecule has 0 unspecified atom stereocenters. The van der Waals surface area contributed by atoms with E-state index in [9.17, 15) is 9.90 Å². The van der Waals surface area contributed by atoms with E-state index in [-0.39, 0.29) is 11.6 Å². The molecule has 30 heavy (non-hydrogen) atoms. The molecule has 7 heteroatoms. The van der Waals surface area contributed by atoms with Gasteiger partial charge in [0, 0.05) is 24.1 Å². The Morgan fingerprint density at radius 1 is 1.27 bits per heavy atom. The molecule has 1 aliphatic rings. The molecule has 2 aromatic heterocycles. The van der Waals surface area contributed by atoms with Gasteiger partial charge >= 0.3 is 0 Å². The van der Waals surface area contributed by atoms with Crippen molar-refractivity contribution in [1.29, 1.82) is 0 Å². The van der Waals surface area contributed by atoms with Crippen molar-refractivity contribution in [1.82, 2.24) is 9.97 Å². The van der Waals surface area contributed by atoms with E-state index in [0.29, 0.717) is 23.1 Å². The summed E-state index contributed by atoms with van der Waals surface area (Å²) in [5.41, 5.74) is 1.17. The minimum atomic E-state index is -1.13. The Morgan fingerprint density at radius 3 is 2.60 bits per heavy atom. The average Bonchev–Trinajstić information content (AvgIpc) is 3.32. The molecule has 1 fully saturated rings. The number of aryl methyl sites for hydroxylation is 1. The molecule has 0 radical (unpaired) electrons. The Balaban J connectivity index is 1.66. The van der Waals surface area contributed by atoms with Gasteiger partial charge in [0.1, 0.15) is 6.26 Å². The molecule has 4 rings (SSSR count). The molecule has 0 spiro atoms. The molecule has 2 heterocycles. The van der Waals surface area contributed by atoms with E-state index in [1.165, 1.54) is 38.4 Å². The summed E-state index contributed by atoms with van der Waals surface area (Å²) < 4.78 is 6.16. The number of nitrogens with one attached hydrogen (secondary N) is 1. The molecule has 6 nitrogen and oxygen atoms in total. The number of thiazole rings is 1. The number of fused-ring (bicyclic) bond motifs is 1. The Labute approximate surface area is 180 Å². The number of carbonyl (C=O) groups excluding carboxylic acids is 1. The van der Waals surface area contributed by atoms with Gasteiger partial charge in [-0.15, -0.1) is 11.3 Å². The van der Waals surface area contributed by atoms with Crippen molar-refractivity contribution in [2.24, 2.45) is 5.92 Å². The third-order valence-electron chi connectivity index (χ3n) is 6.08. The van der Waals surface area contributed by atoms with E-state index in [0.717, 1.165) is 21.1 Å². The monoisotopic (exact) mass is 427 g/mol. The van der Waals surface area contributed by atoms with Crippen LogP contribution in [-0.4, -0.2) is 21.0 Å². The maximum Gasteiger partial charge on any atom is 0.277 e. The minimum absolute atomic E-state index is 0.215. The van der Waals surface area contributed by atoms with E-state index >= 15 is 0 Å². The van der Waals surface area contributed by atoms with E-state index in [1.54, 1.807) is 32.1 Å². The molecule has 160 valence electrons. The summed E-state index contributed by atoms with van der Waals surface area (Å²) in [5, 5.41) is 14.8. The van der Waals surface area contributed by atoms with Crippen molar-refractivity contribution in [2.75, 3.05) is 5.32 Å². The summed E-state index contributed by atoms with van der Waals surface area (Å²) in [7, 11) is 0. The number of aromatic nitrogens is 2. The van der Waals surface area contributed by atoms with Gasteiger partial charge in [0.15, 0.2) is 11.6 Å². The van der Waals surface area contributed by atoms with E-state index in [4.69, 9.17) is 9.40 Å². The van der Waals surface area contributed by atoms with Crippen LogP contribution >= 0.6 is 11.3 Å². The van der Waals surface area contributed by atoms with Gasteiger partial charge < -0.3 is 14.8 Å². The van der Waals surface area contributed by atoms with Crippen molar-refractivity contribution in [3.63, 3.8) is 0 Å². The second-order valence-electron chi connectivity index (χ2n) is 8.81. The SMILES string of the molecule is CCC1CCC(c2nc3cc(C(C)(C)O)c(NC(=O)c4coc(C)n4)cc3s2)CC1. The third-order valence-corrected chi connectivity index (χ3v) is 7.26. The largest absolute Gasteiger partial charge is 0.448 e. The topological polar surface area (TPSA) is 88.3 Å². The van der Waals surface area contributed by atoms with Gasteiger partial charge in [-0.25, -0.2) is 9.97 Å². The van der Waals surface area contributed by atoms with Crippen LogP contribution in [0.2, 0.25) is 0 Å². The van der Waals surface area contributed by atoms with Crippen LogP contribution < -0.4 is 5.32 Å². The van der Waals surface area contributed by atoms with Gasteiger partial charge in [0.05, 0.1) is 20.8 Å². The zero-order valence-corrected chi connectivity index (χ0v) is 18.8. The molecule has 1 aromatic carbocycles. The van der Waals surface area contributed by atoms with Gasteiger partial charge in [0.2, 0.25) is 0 Å². The second-order valence-corrected chi connectivity index (χ2v) is 9.87. The molecule has 2 N–H and O–H groups in total. The van der Waals surface area contributed by atoms with Crippen molar-refractivity contribution >= 4 is 33.1 Å². The first-order valence-electron chi connectivity index (χ1n) is 10.7. The van der Waals surface area contributed by atoms with Crippen molar-refractivity contribution in [2.45, 2.75) is 71.3 Å². The highest BCUT2D eigenvalue weighted by Gasteiger charge is 2.27. The first-order chi connectivity index (χ1) is 14.2. The van der Waals surface area contributed by atoms with Crippen molar-refractivity contribution in [3.05, 3.63) is 40.6 Å². The lowest BCUT2D eigenvalue weighted by Crippen LogP contribution is -2.21. The molecule has 3 aromatic rings. The second kappa shape index (κ2) is 8.12. The average molecular weight is 428 g/mol. The zero-order valence-electron chi connectivity index (χ0n) is 18.0. The molecule has 0 saturated heterocycles. The molecule has 0 bridgehead atoms. The van der Waals surface area contributed by atoms with Gasteiger partial charge in [-0.3, -0.25) is 4.79 Å². The van der Waals surface area contributed by atoms with Crippen molar-refractivity contribution < 1.29 is 14.3 Å². The highest BCUT2D eigenvalue weighted by molar-refractivity contribution is 7.18. The number of oxazole rings is 1. The molecular weight excluding hydrogens is 398 g/mol. The number of aliphatic hydroxyl groups is 1. The van der Waals surface area contributed by atoms with E-state index in [1.807, 2.05) is 12.1 Å². The predicted molar refractivity (Wildman–Crippen MR) is 119 cm³/mol. The fourth-order valence-electron chi connectivity index (χ4n) is 4.25. The number of hydrogen-bond donors (Lipinski definition) is 2. The lowest BCUT2D eigenvalue weighted by atomic mass is 9.81. The summed E-state index contributed by atoms with van der Waals surface area (Å²) in [4.78, 5) is 21.6. The summed E-state index contributed by atoms with van der Waals surface area (Å²) in [6.45, 7) is 7.39. The number of amides is 1. The quantitative estimate of drug-likeness (QED) is 0.541. The van der Waals surface area contributed by atoms with Gasteiger partial charge in [0.25, 0.3) is 5.91 Å². The first kappa shape index (κ1) is 21.0. The number of rotatable bonds is 5. The smallest absolute Gasteiger partial charge is 0.277 e. The Bertz CT molecular complexity index is 1060. The molecule has 1 saturated carbocycles. The van der Waals surface area contributed by atoms with Crippen LogP contribution in [0.5, 0.6) is 0 Å².